The van der Waals surface area contributed by atoms with E-state index in [2.05, 4.69) is 5.32 Å². The van der Waals surface area contributed by atoms with E-state index in [-0.39, 0.29) is 35.9 Å². The maximum atomic E-state index is 14.5. The number of halogens is 4. The Bertz CT molecular complexity index is 1120. The Labute approximate surface area is 213 Å². The fourth-order valence-corrected chi connectivity index (χ4v) is 4.40. The number of nitrogens with one attached hydrogen (secondary N) is 1. The number of nitrogens with zero attached hydrogens (tertiary/aromatic N) is 1. The van der Waals surface area contributed by atoms with E-state index in [4.69, 9.17) is 34.8 Å². The molecule has 0 aromatic heterocycles. The minimum absolute atomic E-state index is 0.0297. The quantitative estimate of drug-likeness (QED) is 0.370. The zero-order valence-electron chi connectivity index (χ0n) is 18.5. The third-order valence-electron chi connectivity index (χ3n) is 5.40. The number of carbonyl (C=O) groups excluding carboxylic acids is 2. The van der Waals surface area contributed by atoms with Gasteiger partial charge in [0.05, 0.1) is 6.42 Å². The summed E-state index contributed by atoms with van der Waals surface area (Å²) in [4.78, 5) is 28.2. The van der Waals surface area contributed by atoms with E-state index in [1.54, 1.807) is 25.1 Å². The maximum Gasteiger partial charge on any atom is 0.243 e. The van der Waals surface area contributed by atoms with Crippen LogP contribution in [-0.4, -0.2) is 29.3 Å². The standard InChI is InChI=1S/C26H24Cl3FN2O2/c1-2-31-26(34)24(14-17-8-4-3-5-9-17)32(16-19-21(28)10-6-11-22(19)29)25(33)15-18-20(27)12-7-13-23(18)30/h3-13,24H,2,14-16H2,1H3,(H,31,34)/t24-/m1/s1. The summed E-state index contributed by atoms with van der Waals surface area (Å²) in [6, 6.07) is 17.7. The molecule has 3 aromatic carbocycles. The van der Waals surface area contributed by atoms with Gasteiger partial charge in [0.25, 0.3) is 0 Å². The van der Waals surface area contributed by atoms with Crippen molar-refractivity contribution in [3.63, 3.8) is 0 Å². The second-order valence-electron chi connectivity index (χ2n) is 7.70. The van der Waals surface area contributed by atoms with Crippen molar-refractivity contribution < 1.29 is 14.0 Å². The van der Waals surface area contributed by atoms with E-state index in [0.717, 1.165) is 5.56 Å². The number of rotatable bonds is 9. The SMILES string of the molecule is CCNC(=O)[C@@H](Cc1ccccc1)N(Cc1c(Cl)cccc1Cl)C(=O)Cc1c(F)cccc1Cl. The lowest BCUT2D eigenvalue weighted by Crippen LogP contribution is -2.51. The lowest BCUT2D eigenvalue weighted by atomic mass is 10.0. The van der Waals surface area contributed by atoms with Crippen LogP contribution in [0.4, 0.5) is 4.39 Å². The minimum atomic E-state index is -0.882. The van der Waals surface area contributed by atoms with Gasteiger partial charge < -0.3 is 10.2 Å². The van der Waals surface area contributed by atoms with Crippen molar-refractivity contribution in [2.75, 3.05) is 6.54 Å². The molecule has 0 saturated carbocycles. The Kier molecular flexibility index (Phi) is 9.34. The molecular weight excluding hydrogens is 498 g/mol. The first kappa shape index (κ1) is 26.0. The monoisotopic (exact) mass is 520 g/mol. The average molecular weight is 522 g/mol. The molecule has 4 nitrogen and oxygen atoms in total. The predicted octanol–water partition coefficient (Wildman–Crippen LogP) is 6.10. The minimum Gasteiger partial charge on any atom is -0.355 e. The highest BCUT2D eigenvalue weighted by Gasteiger charge is 2.31. The summed E-state index contributed by atoms with van der Waals surface area (Å²) in [6.07, 6.45) is -0.0657. The summed E-state index contributed by atoms with van der Waals surface area (Å²) in [6.45, 7) is 2.16. The molecule has 0 aliphatic rings. The Morgan fingerprint density at radius 1 is 0.882 bits per heavy atom. The molecule has 1 N–H and O–H groups in total. The van der Waals surface area contributed by atoms with Crippen molar-refractivity contribution in [3.8, 4) is 0 Å². The number of hydrogen-bond donors (Lipinski definition) is 1. The van der Waals surface area contributed by atoms with Crippen LogP contribution in [0.5, 0.6) is 0 Å². The van der Waals surface area contributed by atoms with E-state index in [9.17, 15) is 14.0 Å². The highest BCUT2D eigenvalue weighted by molar-refractivity contribution is 6.36. The Morgan fingerprint density at radius 3 is 2.06 bits per heavy atom. The normalized spacial score (nSPS) is 11.7. The predicted molar refractivity (Wildman–Crippen MR) is 135 cm³/mol. The van der Waals surface area contributed by atoms with Crippen LogP contribution in [0, 0.1) is 5.82 Å². The largest absolute Gasteiger partial charge is 0.355 e. The van der Waals surface area contributed by atoms with Crippen LogP contribution in [0.3, 0.4) is 0 Å². The molecule has 0 radical (unpaired) electrons. The maximum absolute atomic E-state index is 14.5. The number of amides is 2. The van der Waals surface area contributed by atoms with Crippen LogP contribution in [0.1, 0.15) is 23.6 Å². The molecule has 0 aliphatic carbocycles. The van der Waals surface area contributed by atoms with E-state index in [1.165, 1.54) is 23.1 Å². The van der Waals surface area contributed by atoms with E-state index in [1.807, 2.05) is 30.3 Å². The van der Waals surface area contributed by atoms with Gasteiger partial charge in [0.1, 0.15) is 11.9 Å². The number of hydrogen-bond acceptors (Lipinski definition) is 2. The average Bonchev–Trinajstić information content (AvgIpc) is 2.81. The topological polar surface area (TPSA) is 49.4 Å². The molecule has 3 rings (SSSR count). The summed E-state index contributed by atoms with van der Waals surface area (Å²) < 4.78 is 14.5. The Morgan fingerprint density at radius 2 is 1.47 bits per heavy atom. The first-order valence-corrected chi connectivity index (χ1v) is 11.9. The van der Waals surface area contributed by atoms with E-state index >= 15 is 0 Å². The molecular formula is C26H24Cl3FN2O2. The van der Waals surface area contributed by atoms with E-state index in [0.29, 0.717) is 22.2 Å². The summed E-state index contributed by atoms with van der Waals surface area (Å²) >= 11 is 19.0. The van der Waals surface area contributed by atoms with Gasteiger partial charge in [0.2, 0.25) is 11.8 Å². The van der Waals surface area contributed by atoms with Gasteiger partial charge in [-0.15, -0.1) is 0 Å². The molecule has 3 aromatic rings. The fraction of sp³-hybridized carbons (Fsp3) is 0.231. The lowest BCUT2D eigenvalue weighted by Gasteiger charge is -2.32. The van der Waals surface area contributed by atoms with Gasteiger partial charge in [-0.25, -0.2) is 4.39 Å². The van der Waals surface area contributed by atoms with Crippen LogP contribution in [-0.2, 0) is 29.0 Å². The van der Waals surface area contributed by atoms with Gasteiger partial charge in [0, 0.05) is 45.7 Å². The zero-order valence-corrected chi connectivity index (χ0v) is 20.8. The molecule has 34 heavy (non-hydrogen) atoms. The fourth-order valence-electron chi connectivity index (χ4n) is 3.65. The van der Waals surface area contributed by atoms with E-state index < -0.39 is 17.8 Å². The first-order valence-electron chi connectivity index (χ1n) is 10.8. The lowest BCUT2D eigenvalue weighted by molar-refractivity contribution is -0.140. The molecule has 0 spiro atoms. The number of carbonyl (C=O) groups is 2. The van der Waals surface area contributed by atoms with Crippen LogP contribution in [0.15, 0.2) is 66.7 Å². The van der Waals surface area contributed by atoms with Crippen molar-refractivity contribution in [1.29, 1.82) is 0 Å². The molecule has 0 aliphatic heterocycles. The second kappa shape index (κ2) is 12.2. The van der Waals surface area contributed by atoms with Gasteiger partial charge in [-0.2, -0.15) is 0 Å². The van der Waals surface area contributed by atoms with Crippen molar-refractivity contribution in [2.24, 2.45) is 0 Å². The van der Waals surface area contributed by atoms with Crippen LogP contribution >= 0.6 is 34.8 Å². The van der Waals surface area contributed by atoms with Crippen molar-refractivity contribution in [1.82, 2.24) is 10.2 Å². The molecule has 8 heteroatoms. The second-order valence-corrected chi connectivity index (χ2v) is 8.92. The summed E-state index contributed by atoms with van der Waals surface area (Å²) in [5.41, 5.74) is 1.44. The molecule has 0 fully saturated rings. The molecule has 0 unspecified atom stereocenters. The van der Waals surface area contributed by atoms with Crippen molar-refractivity contribution in [3.05, 3.63) is 104 Å². The summed E-state index contributed by atoms with van der Waals surface area (Å²) in [5.74, 6) is -1.40. The highest BCUT2D eigenvalue weighted by atomic mass is 35.5. The van der Waals surface area contributed by atoms with Gasteiger partial charge in [-0.1, -0.05) is 77.3 Å². The van der Waals surface area contributed by atoms with Gasteiger partial charge in [-0.05, 0) is 36.8 Å². The molecule has 0 bridgehead atoms. The number of likely N-dealkylation sites (N-methyl/N-ethyl adjacent to an activating group) is 1. The third-order valence-corrected chi connectivity index (χ3v) is 6.46. The van der Waals surface area contributed by atoms with Crippen molar-refractivity contribution >= 4 is 46.6 Å². The van der Waals surface area contributed by atoms with Gasteiger partial charge in [-0.3, -0.25) is 9.59 Å². The highest BCUT2D eigenvalue weighted by Crippen LogP contribution is 2.28. The molecule has 2 amide bonds. The molecule has 0 heterocycles. The Balaban J connectivity index is 2.04. The first-order chi connectivity index (χ1) is 16.3. The summed E-state index contributed by atoms with van der Waals surface area (Å²) in [7, 11) is 0. The Hall–Kier alpha value is -2.60. The van der Waals surface area contributed by atoms with Crippen LogP contribution < -0.4 is 5.32 Å². The van der Waals surface area contributed by atoms with Crippen LogP contribution in [0.2, 0.25) is 15.1 Å². The van der Waals surface area contributed by atoms with Gasteiger partial charge >= 0.3 is 0 Å². The van der Waals surface area contributed by atoms with Crippen molar-refractivity contribution in [2.45, 2.75) is 32.4 Å². The smallest absolute Gasteiger partial charge is 0.243 e. The molecule has 178 valence electrons. The molecule has 0 saturated heterocycles. The number of benzene rings is 3. The van der Waals surface area contributed by atoms with Crippen LogP contribution in [0.25, 0.3) is 0 Å². The van der Waals surface area contributed by atoms with Gasteiger partial charge in [0.15, 0.2) is 0 Å². The summed E-state index contributed by atoms with van der Waals surface area (Å²) in [5, 5.41) is 3.67. The third kappa shape index (κ3) is 6.50. The zero-order chi connectivity index (χ0) is 24.7. The molecule has 1 atom stereocenters.